The van der Waals surface area contributed by atoms with Crippen molar-refractivity contribution < 1.29 is 4.79 Å². The molecule has 0 spiro atoms. The lowest BCUT2D eigenvalue weighted by Gasteiger charge is -2.21. The number of rotatable bonds is 5. The lowest BCUT2D eigenvalue weighted by atomic mass is 10.1. The summed E-state index contributed by atoms with van der Waals surface area (Å²) >= 11 is 1.75. The van der Waals surface area contributed by atoms with Crippen molar-refractivity contribution in [1.82, 2.24) is 16.0 Å². The summed E-state index contributed by atoms with van der Waals surface area (Å²) < 4.78 is 0. The van der Waals surface area contributed by atoms with Crippen LogP contribution in [0.2, 0.25) is 0 Å². The Hall–Kier alpha value is -0.830. The third-order valence-electron chi connectivity index (χ3n) is 2.76. The van der Waals surface area contributed by atoms with E-state index in [1.165, 1.54) is 4.88 Å². The minimum atomic E-state index is -0.219. The molecule has 0 aliphatic rings. The second-order valence-electron chi connectivity index (χ2n) is 6.02. The second-order valence-corrected chi connectivity index (χ2v) is 7.00. The maximum atomic E-state index is 11.7. The summed E-state index contributed by atoms with van der Waals surface area (Å²) in [4.78, 5) is 17.2. The van der Waals surface area contributed by atoms with Gasteiger partial charge >= 0.3 is 0 Å². The van der Waals surface area contributed by atoms with E-state index in [4.69, 9.17) is 0 Å². The summed E-state index contributed by atoms with van der Waals surface area (Å²) in [5, 5.41) is 11.2. The number of hydrogen-bond donors (Lipinski definition) is 3. The van der Waals surface area contributed by atoms with Crippen molar-refractivity contribution in [3.8, 4) is 0 Å². The first kappa shape index (κ1) is 21.2. The number of hydrogen-bond acceptors (Lipinski definition) is 3. The molecule has 0 fully saturated rings. The van der Waals surface area contributed by atoms with Gasteiger partial charge in [0.05, 0.1) is 6.54 Å². The number of thiophene rings is 1. The number of guanidine groups is 1. The Labute approximate surface area is 154 Å². The van der Waals surface area contributed by atoms with Gasteiger partial charge in [0, 0.05) is 29.9 Å². The van der Waals surface area contributed by atoms with Crippen LogP contribution < -0.4 is 16.0 Å². The van der Waals surface area contributed by atoms with Crippen LogP contribution in [0.1, 0.15) is 38.5 Å². The number of carbonyl (C=O) groups excluding carboxylic acids is 1. The highest BCUT2D eigenvalue weighted by atomic mass is 127. The average Bonchev–Trinajstić information content (AvgIpc) is 2.90. The molecule has 0 aliphatic carbocycles. The molecule has 0 saturated carbocycles. The lowest BCUT2D eigenvalue weighted by molar-refractivity contribution is -0.121. The van der Waals surface area contributed by atoms with Crippen LogP contribution in [0, 0.1) is 0 Å². The van der Waals surface area contributed by atoms with Crippen molar-refractivity contribution in [2.75, 3.05) is 20.1 Å². The van der Waals surface area contributed by atoms with Gasteiger partial charge in [-0.1, -0.05) is 13.0 Å². The van der Waals surface area contributed by atoms with Gasteiger partial charge in [0.2, 0.25) is 5.91 Å². The van der Waals surface area contributed by atoms with Gasteiger partial charge in [-0.05, 0) is 32.2 Å². The molecule has 0 radical (unpaired) electrons. The zero-order valence-electron chi connectivity index (χ0n) is 13.9. The predicted octanol–water partition coefficient (Wildman–Crippen LogP) is 2.55. The van der Waals surface area contributed by atoms with E-state index in [0.29, 0.717) is 11.9 Å². The van der Waals surface area contributed by atoms with Crippen LogP contribution in [-0.4, -0.2) is 37.5 Å². The minimum absolute atomic E-state index is 0. The van der Waals surface area contributed by atoms with Gasteiger partial charge in [-0.15, -0.1) is 35.3 Å². The predicted molar refractivity (Wildman–Crippen MR) is 105 cm³/mol. The van der Waals surface area contributed by atoms with E-state index in [2.05, 4.69) is 45.4 Å². The molecule has 1 aromatic rings. The number of carbonyl (C=O) groups is 1. The molecule has 126 valence electrons. The van der Waals surface area contributed by atoms with Crippen LogP contribution in [0.5, 0.6) is 0 Å². The molecule has 7 heteroatoms. The molecule has 0 aromatic carbocycles. The minimum Gasteiger partial charge on any atom is -0.356 e. The normalized spacial score (nSPS) is 13.0. The zero-order chi connectivity index (χ0) is 15.9. The highest BCUT2D eigenvalue weighted by Crippen LogP contribution is 2.19. The van der Waals surface area contributed by atoms with E-state index < -0.39 is 0 Å². The van der Waals surface area contributed by atoms with Gasteiger partial charge in [-0.2, -0.15) is 0 Å². The molecule has 5 nitrogen and oxygen atoms in total. The number of nitrogens with one attached hydrogen (secondary N) is 3. The maximum absolute atomic E-state index is 11.7. The Balaban J connectivity index is 0.00000441. The molecule has 1 aromatic heterocycles. The molecule has 1 amide bonds. The van der Waals surface area contributed by atoms with Crippen LogP contribution >= 0.6 is 35.3 Å². The topological polar surface area (TPSA) is 65.5 Å². The number of nitrogens with zero attached hydrogens (tertiary/aromatic N) is 1. The fraction of sp³-hybridized carbons (Fsp3) is 0.600. The van der Waals surface area contributed by atoms with E-state index >= 15 is 0 Å². The fourth-order valence-electron chi connectivity index (χ4n) is 1.77. The molecule has 1 rings (SSSR count). The highest BCUT2D eigenvalue weighted by Gasteiger charge is 2.14. The number of amides is 1. The number of halogens is 1. The van der Waals surface area contributed by atoms with E-state index in [0.717, 1.165) is 6.54 Å². The molecule has 1 heterocycles. The van der Waals surface area contributed by atoms with Crippen LogP contribution in [0.15, 0.2) is 22.5 Å². The molecule has 0 saturated heterocycles. The molecular formula is C15H27IN4OS. The molecule has 1 unspecified atom stereocenters. The van der Waals surface area contributed by atoms with Crippen LogP contribution in [-0.2, 0) is 4.79 Å². The summed E-state index contributed by atoms with van der Waals surface area (Å²) in [5.41, 5.74) is -0.219. The van der Waals surface area contributed by atoms with Crippen molar-refractivity contribution >= 4 is 47.2 Å². The summed E-state index contributed by atoms with van der Waals surface area (Å²) in [6.45, 7) is 9.03. The monoisotopic (exact) mass is 438 g/mol. The van der Waals surface area contributed by atoms with Gasteiger partial charge in [0.15, 0.2) is 5.96 Å². The summed E-state index contributed by atoms with van der Waals surface area (Å²) in [6.07, 6.45) is 0. The second kappa shape index (κ2) is 10.0. The maximum Gasteiger partial charge on any atom is 0.239 e. The van der Waals surface area contributed by atoms with Gasteiger partial charge in [-0.3, -0.25) is 9.79 Å². The van der Waals surface area contributed by atoms with E-state index in [1.807, 2.05) is 20.8 Å². The summed E-state index contributed by atoms with van der Waals surface area (Å²) in [5.74, 6) is 1.01. The molecule has 3 N–H and O–H groups in total. The standard InChI is InChI=1S/C15H26N4OS.HI/c1-11(12-7-6-8-21-12)9-17-14(16-5)18-10-13(20)19-15(2,3)4;/h6-8,11H,9-10H2,1-5H3,(H,19,20)(H2,16,17,18);1H. The average molecular weight is 438 g/mol. The zero-order valence-corrected chi connectivity index (χ0v) is 17.0. The third kappa shape index (κ3) is 8.57. The highest BCUT2D eigenvalue weighted by molar-refractivity contribution is 14.0. The van der Waals surface area contributed by atoms with Crippen LogP contribution in [0.4, 0.5) is 0 Å². The van der Waals surface area contributed by atoms with Crippen molar-refractivity contribution in [2.45, 2.75) is 39.2 Å². The first-order valence-corrected chi connectivity index (χ1v) is 7.98. The smallest absolute Gasteiger partial charge is 0.239 e. The molecule has 1 atom stereocenters. The fourth-order valence-corrected chi connectivity index (χ4v) is 2.56. The summed E-state index contributed by atoms with van der Waals surface area (Å²) in [7, 11) is 1.70. The molecule has 0 aliphatic heterocycles. The van der Waals surface area contributed by atoms with Crippen LogP contribution in [0.3, 0.4) is 0 Å². The van der Waals surface area contributed by atoms with E-state index in [-0.39, 0.29) is 42.0 Å². The van der Waals surface area contributed by atoms with E-state index in [1.54, 1.807) is 18.4 Å². The van der Waals surface area contributed by atoms with E-state index in [9.17, 15) is 4.79 Å². The van der Waals surface area contributed by atoms with Gasteiger partial charge in [-0.25, -0.2) is 0 Å². The largest absolute Gasteiger partial charge is 0.356 e. The van der Waals surface area contributed by atoms with Crippen molar-refractivity contribution in [2.24, 2.45) is 4.99 Å². The van der Waals surface area contributed by atoms with Gasteiger partial charge < -0.3 is 16.0 Å². The Kier molecular flexibility index (Phi) is 9.66. The first-order valence-electron chi connectivity index (χ1n) is 7.11. The molecule has 0 bridgehead atoms. The Morgan fingerprint density at radius 2 is 2.05 bits per heavy atom. The Morgan fingerprint density at radius 3 is 2.55 bits per heavy atom. The van der Waals surface area contributed by atoms with Crippen molar-refractivity contribution in [3.05, 3.63) is 22.4 Å². The van der Waals surface area contributed by atoms with Crippen molar-refractivity contribution in [3.63, 3.8) is 0 Å². The SMILES string of the molecule is CN=C(NCC(=O)NC(C)(C)C)NCC(C)c1cccs1.I. The Bertz CT molecular complexity index is 468. The Morgan fingerprint density at radius 1 is 1.36 bits per heavy atom. The quantitative estimate of drug-likeness (QED) is 0.376. The van der Waals surface area contributed by atoms with Gasteiger partial charge in [0.25, 0.3) is 0 Å². The van der Waals surface area contributed by atoms with Crippen LogP contribution in [0.25, 0.3) is 0 Å². The molecule has 22 heavy (non-hydrogen) atoms. The molecular weight excluding hydrogens is 411 g/mol. The summed E-state index contributed by atoms with van der Waals surface area (Å²) in [6, 6.07) is 4.18. The third-order valence-corrected chi connectivity index (χ3v) is 3.86. The first-order chi connectivity index (χ1) is 9.81. The van der Waals surface area contributed by atoms with Crippen molar-refractivity contribution in [1.29, 1.82) is 0 Å². The lowest BCUT2D eigenvalue weighted by Crippen LogP contribution is -2.48. The van der Waals surface area contributed by atoms with Gasteiger partial charge in [0.1, 0.15) is 0 Å². The number of aliphatic imine (C=N–C) groups is 1.